The number of carbonyl (C=O) groups excluding carboxylic acids is 1. The van der Waals surface area contributed by atoms with Crippen LogP contribution in [0, 0.1) is 0 Å². The van der Waals surface area contributed by atoms with Crippen molar-refractivity contribution in [2.45, 2.75) is 25.9 Å². The van der Waals surface area contributed by atoms with E-state index in [1.54, 1.807) is 43.6 Å². The van der Waals surface area contributed by atoms with Crippen LogP contribution in [0.15, 0.2) is 73.1 Å². The predicted molar refractivity (Wildman–Crippen MR) is 127 cm³/mol. The summed E-state index contributed by atoms with van der Waals surface area (Å²) in [7, 11) is 3.43. The molecule has 0 fully saturated rings. The number of unbranched alkanes of at least 4 members (excludes halogenated alkanes) is 1. The molecule has 0 atom stereocenters. The van der Waals surface area contributed by atoms with E-state index in [0.29, 0.717) is 18.7 Å². The van der Waals surface area contributed by atoms with Gasteiger partial charge >= 0.3 is 0 Å². The van der Waals surface area contributed by atoms with Gasteiger partial charge in [-0.1, -0.05) is 24.3 Å². The van der Waals surface area contributed by atoms with Gasteiger partial charge in [0.15, 0.2) is 11.5 Å². The lowest BCUT2D eigenvalue weighted by Crippen LogP contribution is -2.28. The quantitative estimate of drug-likeness (QED) is 0.335. The first-order valence-electron chi connectivity index (χ1n) is 11.0. The van der Waals surface area contributed by atoms with Crippen LogP contribution in [0.2, 0.25) is 0 Å². The van der Waals surface area contributed by atoms with E-state index in [9.17, 15) is 4.79 Å². The summed E-state index contributed by atoms with van der Waals surface area (Å²) in [6.07, 6.45) is 5.05. The molecule has 2 aromatic carbocycles. The number of benzene rings is 2. The van der Waals surface area contributed by atoms with Crippen LogP contribution < -0.4 is 9.47 Å². The number of imidazole rings is 1. The van der Waals surface area contributed by atoms with E-state index in [-0.39, 0.29) is 5.91 Å². The van der Waals surface area contributed by atoms with Gasteiger partial charge in [0, 0.05) is 26.0 Å². The molecule has 0 aliphatic heterocycles. The molecule has 0 bridgehead atoms. The van der Waals surface area contributed by atoms with Crippen molar-refractivity contribution in [2.24, 2.45) is 0 Å². The van der Waals surface area contributed by atoms with Crippen LogP contribution in [-0.2, 0) is 13.1 Å². The monoisotopic (exact) mass is 444 g/mol. The van der Waals surface area contributed by atoms with E-state index in [4.69, 9.17) is 14.5 Å². The summed E-state index contributed by atoms with van der Waals surface area (Å²) < 4.78 is 13.4. The van der Waals surface area contributed by atoms with Crippen LogP contribution in [0.25, 0.3) is 11.0 Å². The summed E-state index contributed by atoms with van der Waals surface area (Å²) in [6.45, 7) is 1.81. The van der Waals surface area contributed by atoms with Crippen molar-refractivity contribution >= 4 is 16.9 Å². The Morgan fingerprint density at radius 3 is 2.58 bits per heavy atom. The van der Waals surface area contributed by atoms with E-state index in [0.717, 1.165) is 47.7 Å². The number of aryl methyl sites for hydroxylation is 1. The van der Waals surface area contributed by atoms with Crippen LogP contribution >= 0.6 is 0 Å². The Bertz CT molecular complexity index is 1210. The fourth-order valence-electron chi connectivity index (χ4n) is 3.78. The molecule has 0 aliphatic carbocycles. The summed E-state index contributed by atoms with van der Waals surface area (Å²) in [4.78, 5) is 23.3. The van der Waals surface area contributed by atoms with Gasteiger partial charge in [-0.25, -0.2) is 4.98 Å². The smallest absolute Gasteiger partial charge is 0.255 e. The van der Waals surface area contributed by atoms with Gasteiger partial charge in [-0.3, -0.25) is 9.78 Å². The number of fused-ring (bicyclic) bond motifs is 1. The molecule has 0 aliphatic rings. The second kappa shape index (κ2) is 10.6. The average molecular weight is 445 g/mol. The molecule has 33 heavy (non-hydrogen) atoms. The number of hydrogen-bond donors (Lipinski definition) is 0. The minimum absolute atomic E-state index is 0.0769. The minimum Gasteiger partial charge on any atom is -0.493 e. The Morgan fingerprint density at radius 1 is 1.00 bits per heavy atom. The van der Waals surface area contributed by atoms with Gasteiger partial charge in [0.25, 0.3) is 5.91 Å². The lowest BCUT2D eigenvalue weighted by Gasteiger charge is -2.18. The summed E-state index contributed by atoms with van der Waals surface area (Å²) in [5.41, 5.74) is 2.57. The molecule has 7 nitrogen and oxygen atoms in total. The number of methoxy groups -OCH3 is 1. The first kappa shape index (κ1) is 22.3. The lowest BCUT2D eigenvalue weighted by atomic mass is 10.2. The number of rotatable bonds is 10. The third-order valence-corrected chi connectivity index (χ3v) is 5.47. The van der Waals surface area contributed by atoms with Crippen LogP contribution in [0.4, 0.5) is 0 Å². The molecule has 2 heterocycles. The highest BCUT2D eigenvalue weighted by Gasteiger charge is 2.17. The molecule has 0 saturated heterocycles. The third-order valence-electron chi connectivity index (χ3n) is 5.47. The van der Waals surface area contributed by atoms with Gasteiger partial charge in [-0.15, -0.1) is 0 Å². The molecule has 7 heteroatoms. The highest BCUT2D eigenvalue weighted by molar-refractivity contribution is 5.93. The van der Waals surface area contributed by atoms with Crippen molar-refractivity contribution in [3.8, 4) is 11.5 Å². The van der Waals surface area contributed by atoms with Crippen LogP contribution in [-0.4, -0.2) is 46.1 Å². The maximum Gasteiger partial charge on any atom is 0.255 e. The number of ether oxygens (including phenoxy) is 2. The van der Waals surface area contributed by atoms with Crippen molar-refractivity contribution in [3.63, 3.8) is 0 Å². The van der Waals surface area contributed by atoms with E-state index in [1.165, 1.54) is 0 Å². The molecule has 1 amide bonds. The maximum atomic E-state index is 12.8. The number of hydrogen-bond acceptors (Lipinski definition) is 5. The summed E-state index contributed by atoms with van der Waals surface area (Å²) in [6, 6.07) is 19.3. The Labute approximate surface area is 193 Å². The van der Waals surface area contributed by atoms with Crippen molar-refractivity contribution in [2.75, 3.05) is 20.8 Å². The van der Waals surface area contributed by atoms with Gasteiger partial charge in [0.2, 0.25) is 0 Å². The molecule has 2 aromatic heterocycles. The molecule has 0 unspecified atom stereocenters. The second-order valence-corrected chi connectivity index (χ2v) is 7.78. The van der Waals surface area contributed by atoms with Gasteiger partial charge in [0.05, 0.1) is 36.9 Å². The maximum absolute atomic E-state index is 12.8. The van der Waals surface area contributed by atoms with Crippen molar-refractivity contribution in [1.82, 2.24) is 19.4 Å². The zero-order chi connectivity index (χ0) is 23.0. The third kappa shape index (κ3) is 5.31. The zero-order valence-corrected chi connectivity index (χ0v) is 19.0. The van der Waals surface area contributed by atoms with Crippen LogP contribution in [0.5, 0.6) is 11.5 Å². The van der Waals surface area contributed by atoms with Gasteiger partial charge in [-0.2, -0.15) is 0 Å². The molecule has 4 aromatic rings. The summed E-state index contributed by atoms with van der Waals surface area (Å²) >= 11 is 0. The normalized spacial score (nSPS) is 10.8. The molecule has 4 rings (SSSR count). The summed E-state index contributed by atoms with van der Waals surface area (Å²) in [5, 5.41) is 0. The summed E-state index contributed by atoms with van der Waals surface area (Å²) in [5.74, 6) is 2.28. The SMILES string of the molecule is COc1ccccc1OCCCCn1c(CN(C)C(=O)c2cccnc2)nc2ccccc21. The number of para-hydroxylation sites is 4. The fraction of sp³-hybridized carbons (Fsp3) is 0.269. The van der Waals surface area contributed by atoms with Crippen molar-refractivity contribution in [1.29, 1.82) is 0 Å². The van der Waals surface area contributed by atoms with Crippen LogP contribution in [0.1, 0.15) is 29.0 Å². The first-order chi connectivity index (χ1) is 16.2. The highest BCUT2D eigenvalue weighted by Crippen LogP contribution is 2.26. The Balaban J connectivity index is 1.41. The molecular weight excluding hydrogens is 416 g/mol. The average Bonchev–Trinajstić information content (AvgIpc) is 3.21. The van der Waals surface area contributed by atoms with Gasteiger partial charge < -0.3 is 18.9 Å². The predicted octanol–water partition coefficient (Wildman–Crippen LogP) is 4.57. The van der Waals surface area contributed by atoms with Gasteiger partial charge in [-0.05, 0) is 49.2 Å². The number of aromatic nitrogens is 3. The topological polar surface area (TPSA) is 69.5 Å². The standard InChI is InChI=1S/C26H28N4O3/c1-29(26(31)20-10-9-15-27-18-20)19-25-28-21-11-3-4-12-22(21)30(25)16-7-8-17-33-24-14-6-5-13-23(24)32-2/h3-6,9-15,18H,7-8,16-17,19H2,1-2H3. The lowest BCUT2D eigenvalue weighted by molar-refractivity contribution is 0.0779. The van der Waals surface area contributed by atoms with E-state index >= 15 is 0 Å². The Kier molecular flexibility index (Phi) is 7.19. The van der Waals surface area contributed by atoms with E-state index in [2.05, 4.69) is 15.6 Å². The van der Waals surface area contributed by atoms with E-state index in [1.807, 2.05) is 42.5 Å². The van der Waals surface area contributed by atoms with Gasteiger partial charge in [0.1, 0.15) is 5.82 Å². The molecule has 0 spiro atoms. The number of pyridine rings is 1. The molecule has 170 valence electrons. The molecule has 0 radical (unpaired) electrons. The number of carbonyl (C=O) groups is 1. The van der Waals surface area contributed by atoms with Crippen LogP contribution in [0.3, 0.4) is 0 Å². The Hall–Kier alpha value is -3.87. The Morgan fingerprint density at radius 2 is 1.79 bits per heavy atom. The van der Waals surface area contributed by atoms with E-state index < -0.39 is 0 Å². The number of nitrogens with zero attached hydrogens (tertiary/aromatic N) is 4. The first-order valence-corrected chi connectivity index (χ1v) is 11.0. The largest absolute Gasteiger partial charge is 0.493 e. The molecular formula is C26H28N4O3. The zero-order valence-electron chi connectivity index (χ0n) is 19.0. The number of amides is 1. The van der Waals surface area contributed by atoms with Crippen molar-refractivity contribution < 1.29 is 14.3 Å². The molecule has 0 N–H and O–H groups in total. The second-order valence-electron chi connectivity index (χ2n) is 7.78. The van der Waals surface area contributed by atoms with Crippen molar-refractivity contribution in [3.05, 3.63) is 84.4 Å². The fourth-order valence-corrected chi connectivity index (χ4v) is 3.78. The highest BCUT2D eigenvalue weighted by atomic mass is 16.5. The minimum atomic E-state index is -0.0769. The molecule has 0 saturated carbocycles.